The minimum Gasteiger partial charge on any atom is -0.423 e. The van der Waals surface area contributed by atoms with Gasteiger partial charge in [-0.15, -0.1) is 10.1 Å². The molecule has 7 nitrogen and oxygen atoms in total. The molecule has 0 bridgehead atoms. The number of hydrogen-bond donors (Lipinski definition) is 1. The van der Waals surface area contributed by atoms with Crippen LogP contribution in [0.3, 0.4) is 0 Å². The zero-order valence-electron chi connectivity index (χ0n) is 22.4. The Kier molecular flexibility index (Phi) is 15.5. The summed E-state index contributed by atoms with van der Waals surface area (Å²) in [4.78, 5) is 27.4. The van der Waals surface area contributed by atoms with Crippen LogP contribution in [0.25, 0.3) is 0 Å². The number of nitrogens with zero attached hydrogens (tertiary/aromatic N) is 1. The van der Waals surface area contributed by atoms with Gasteiger partial charge in [0.25, 0.3) is 5.09 Å². The van der Waals surface area contributed by atoms with Crippen molar-refractivity contribution >= 4 is 11.7 Å². The maximum absolute atomic E-state index is 12.5. The number of rotatable bonds is 21. The number of carbonyl (C=O) groups excluding carboxylic acids is 1. The van der Waals surface area contributed by atoms with Crippen molar-refractivity contribution in [3.8, 4) is 5.75 Å². The molecule has 0 unspecified atom stereocenters. The third-order valence-corrected chi connectivity index (χ3v) is 6.49. The van der Waals surface area contributed by atoms with Crippen LogP contribution in [-0.4, -0.2) is 17.6 Å². The predicted octanol–water partition coefficient (Wildman–Crippen LogP) is 8.51. The molecule has 0 saturated heterocycles. The molecule has 2 aromatic rings. The molecule has 0 radical (unpaired) electrons. The summed E-state index contributed by atoms with van der Waals surface area (Å²) in [6.07, 6.45) is 18.9. The largest absolute Gasteiger partial charge is 0.423 e. The molecule has 0 aliphatic heterocycles. The molecule has 0 heterocycles. The summed E-state index contributed by atoms with van der Waals surface area (Å²) in [5.74, 6) is -0.164. The zero-order valence-corrected chi connectivity index (χ0v) is 22.4. The van der Waals surface area contributed by atoms with Crippen molar-refractivity contribution in [1.29, 1.82) is 0 Å². The van der Waals surface area contributed by atoms with E-state index in [1.54, 1.807) is 36.4 Å². The Morgan fingerprint density at radius 1 is 0.784 bits per heavy atom. The molecule has 2 rings (SSSR count). The fourth-order valence-electron chi connectivity index (χ4n) is 4.32. The van der Waals surface area contributed by atoms with E-state index in [9.17, 15) is 14.9 Å². The Balaban J connectivity index is 1.54. The minimum atomic E-state index is -0.882. The van der Waals surface area contributed by atoms with Crippen LogP contribution in [-0.2, 0) is 11.4 Å². The number of hydrogen-bond acceptors (Lipinski definition) is 6. The van der Waals surface area contributed by atoms with Crippen molar-refractivity contribution < 1.29 is 19.5 Å². The highest BCUT2D eigenvalue weighted by atomic mass is 16.9. The Morgan fingerprint density at radius 2 is 1.32 bits per heavy atom. The van der Waals surface area contributed by atoms with Gasteiger partial charge in [0.15, 0.2) is 0 Å². The first-order valence-electron chi connectivity index (χ1n) is 14.0. The van der Waals surface area contributed by atoms with Gasteiger partial charge >= 0.3 is 5.97 Å². The number of nitrogens with one attached hydrogen (secondary N) is 1. The Bertz CT molecular complexity index is 901. The maximum Gasteiger partial charge on any atom is 0.343 e. The van der Waals surface area contributed by atoms with E-state index in [0.717, 1.165) is 18.7 Å². The van der Waals surface area contributed by atoms with Gasteiger partial charge in [-0.25, -0.2) is 4.79 Å². The molecule has 1 N–H and O–H groups in total. The quantitative estimate of drug-likeness (QED) is 0.0593. The van der Waals surface area contributed by atoms with Gasteiger partial charge in [0.1, 0.15) is 12.4 Å². The normalized spacial score (nSPS) is 10.7. The van der Waals surface area contributed by atoms with Crippen LogP contribution in [0.15, 0.2) is 48.5 Å². The summed E-state index contributed by atoms with van der Waals surface area (Å²) in [7, 11) is 0. The third-order valence-electron chi connectivity index (χ3n) is 6.49. The minimum absolute atomic E-state index is 0.240. The molecule has 7 heteroatoms. The van der Waals surface area contributed by atoms with E-state index in [1.807, 2.05) is 12.1 Å². The molecule has 0 amide bonds. The monoisotopic (exact) mass is 512 g/mol. The van der Waals surface area contributed by atoms with Crippen molar-refractivity contribution in [2.75, 3.05) is 11.9 Å². The zero-order chi connectivity index (χ0) is 26.6. The average molecular weight is 513 g/mol. The fraction of sp³-hybridized carbons (Fsp3) is 0.567. The summed E-state index contributed by atoms with van der Waals surface area (Å²) < 4.78 is 5.44. The van der Waals surface area contributed by atoms with Gasteiger partial charge in [0.2, 0.25) is 0 Å². The first kappa shape index (κ1) is 30.1. The molecule has 0 aliphatic rings. The Labute approximate surface area is 222 Å². The standard InChI is InChI=1S/C30H44N2O5/c1-2-3-4-5-6-7-8-9-10-11-12-13-14-17-24-31-27-20-22-28(23-21-27)37-30(33)29-19-16-15-18-26(29)25-36-32(34)35/h15-16,18-23,31H,2-14,17,24-25H2,1H3. The molecule has 0 aliphatic carbocycles. The smallest absolute Gasteiger partial charge is 0.343 e. The second kappa shape index (κ2) is 19.1. The lowest BCUT2D eigenvalue weighted by molar-refractivity contribution is -0.763. The van der Waals surface area contributed by atoms with Crippen LogP contribution in [0.5, 0.6) is 5.75 Å². The van der Waals surface area contributed by atoms with Gasteiger partial charge in [0, 0.05) is 12.2 Å². The first-order chi connectivity index (χ1) is 18.1. The van der Waals surface area contributed by atoms with Crippen LogP contribution in [0.1, 0.15) is 113 Å². The molecular formula is C30H44N2O5. The molecule has 0 saturated carbocycles. The van der Waals surface area contributed by atoms with Crippen molar-refractivity contribution in [3.05, 3.63) is 69.8 Å². The van der Waals surface area contributed by atoms with Gasteiger partial charge in [0.05, 0.1) is 5.56 Å². The summed E-state index contributed by atoms with van der Waals surface area (Å²) in [6, 6.07) is 13.8. The fourth-order valence-corrected chi connectivity index (χ4v) is 4.32. The molecule has 2 aromatic carbocycles. The molecule has 37 heavy (non-hydrogen) atoms. The molecule has 0 spiro atoms. The molecule has 204 valence electrons. The molecular weight excluding hydrogens is 468 g/mol. The number of carbonyl (C=O) groups is 1. The molecule has 0 atom stereocenters. The number of ether oxygens (including phenoxy) is 1. The van der Waals surface area contributed by atoms with Gasteiger partial charge in [-0.05, 0) is 42.3 Å². The van der Waals surface area contributed by atoms with E-state index >= 15 is 0 Å². The van der Waals surface area contributed by atoms with Gasteiger partial charge in [-0.1, -0.05) is 109 Å². The highest BCUT2D eigenvalue weighted by Gasteiger charge is 2.14. The van der Waals surface area contributed by atoms with Crippen LogP contribution < -0.4 is 10.1 Å². The molecule has 0 fully saturated rings. The van der Waals surface area contributed by atoms with Gasteiger partial charge in [-0.3, -0.25) is 0 Å². The van der Waals surface area contributed by atoms with Crippen molar-refractivity contribution in [2.45, 2.75) is 103 Å². The van der Waals surface area contributed by atoms with E-state index in [2.05, 4.69) is 17.1 Å². The maximum atomic E-state index is 12.5. The lowest BCUT2D eigenvalue weighted by atomic mass is 10.0. The topological polar surface area (TPSA) is 90.7 Å². The predicted molar refractivity (Wildman–Crippen MR) is 148 cm³/mol. The van der Waals surface area contributed by atoms with E-state index < -0.39 is 11.1 Å². The number of anilines is 1. The summed E-state index contributed by atoms with van der Waals surface area (Å²) >= 11 is 0. The van der Waals surface area contributed by atoms with E-state index in [0.29, 0.717) is 11.3 Å². The van der Waals surface area contributed by atoms with Crippen molar-refractivity contribution in [2.24, 2.45) is 0 Å². The lowest BCUT2D eigenvalue weighted by Gasteiger charge is -2.10. The number of unbranched alkanes of at least 4 members (excludes halogenated alkanes) is 13. The lowest BCUT2D eigenvalue weighted by Crippen LogP contribution is -2.13. The highest BCUT2D eigenvalue weighted by molar-refractivity contribution is 5.92. The van der Waals surface area contributed by atoms with Crippen molar-refractivity contribution in [3.63, 3.8) is 0 Å². The summed E-state index contributed by atoms with van der Waals surface area (Å²) in [5, 5.41) is 13.0. The number of esters is 1. The first-order valence-corrected chi connectivity index (χ1v) is 14.0. The third kappa shape index (κ3) is 13.7. The van der Waals surface area contributed by atoms with Gasteiger partial charge in [-0.2, -0.15) is 0 Å². The van der Waals surface area contributed by atoms with Crippen LogP contribution in [0.4, 0.5) is 5.69 Å². The van der Waals surface area contributed by atoms with E-state index in [4.69, 9.17) is 4.74 Å². The Morgan fingerprint density at radius 3 is 1.89 bits per heavy atom. The number of benzene rings is 2. The highest BCUT2D eigenvalue weighted by Crippen LogP contribution is 2.19. The van der Waals surface area contributed by atoms with E-state index in [1.165, 1.54) is 83.5 Å². The average Bonchev–Trinajstić information content (AvgIpc) is 2.90. The summed E-state index contributed by atoms with van der Waals surface area (Å²) in [5.41, 5.74) is 1.62. The summed E-state index contributed by atoms with van der Waals surface area (Å²) in [6.45, 7) is 2.88. The van der Waals surface area contributed by atoms with E-state index in [-0.39, 0.29) is 12.2 Å². The van der Waals surface area contributed by atoms with Crippen LogP contribution in [0, 0.1) is 10.1 Å². The van der Waals surface area contributed by atoms with Crippen LogP contribution in [0.2, 0.25) is 0 Å². The van der Waals surface area contributed by atoms with Gasteiger partial charge < -0.3 is 14.9 Å². The second-order valence-electron chi connectivity index (χ2n) is 9.59. The second-order valence-corrected chi connectivity index (χ2v) is 9.59. The Hall–Kier alpha value is -3.09. The molecule has 0 aromatic heterocycles. The van der Waals surface area contributed by atoms with Crippen LogP contribution >= 0.6 is 0 Å². The van der Waals surface area contributed by atoms with Crippen molar-refractivity contribution in [1.82, 2.24) is 0 Å². The SMILES string of the molecule is CCCCCCCCCCCCCCCCNc1ccc(OC(=O)c2ccccc2CO[N+](=O)[O-])cc1.